The van der Waals surface area contributed by atoms with Crippen LogP contribution in [-0.2, 0) is 24.8 Å². The third kappa shape index (κ3) is 6.22. The number of nitrogens with one attached hydrogen (secondary N) is 2. The minimum Gasteiger partial charge on any atom is -0.325 e. The van der Waals surface area contributed by atoms with Crippen molar-refractivity contribution in [1.29, 1.82) is 0 Å². The highest BCUT2D eigenvalue weighted by Gasteiger charge is 2.21. The van der Waals surface area contributed by atoms with Crippen LogP contribution in [0.25, 0.3) is 0 Å². The number of sulfonamides is 2. The van der Waals surface area contributed by atoms with E-state index in [4.69, 9.17) is 11.6 Å². The van der Waals surface area contributed by atoms with Gasteiger partial charge in [0.25, 0.3) is 10.0 Å². The predicted molar refractivity (Wildman–Crippen MR) is 126 cm³/mol. The van der Waals surface area contributed by atoms with Gasteiger partial charge < -0.3 is 5.32 Å². The molecule has 0 atom stereocenters. The first-order chi connectivity index (χ1) is 15.0. The molecular formula is C21H20ClN3O5S2. The van der Waals surface area contributed by atoms with Gasteiger partial charge in [-0.05, 0) is 60.7 Å². The van der Waals surface area contributed by atoms with Crippen LogP contribution >= 0.6 is 11.6 Å². The smallest absolute Gasteiger partial charge is 0.261 e. The molecule has 11 heteroatoms. The van der Waals surface area contributed by atoms with E-state index < -0.39 is 32.5 Å². The van der Waals surface area contributed by atoms with Crippen LogP contribution in [0.1, 0.15) is 0 Å². The van der Waals surface area contributed by atoms with E-state index >= 15 is 0 Å². The van der Waals surface area contributed by atoms with E-state index in [9.17, 15) is 21.6 Å². The summed E-state index contributed by atoms with van der Waals surface area (Å²) < 4.78 is 52.7. The predicted octanol–water partition coefficient (Wildman–Crippen LogP) is 3.55. The van der Waals surface area contributed by atoms with Crippen LogP contribution in [0.2, 0.25) is 5.02 Å². The number of benzene rings is 3. The topological polar surface area (TPSA) is 113 Å². The number of nitrogens with zero attached hydrogens (tertiary/aromatic N) is 1. The van der Waals surface area contributed by atoms with Crippen LogP contribution < -0.4 is 14.3 Å². The number of para-hydroxylation sites is 1. The first-order valence-electron chi connectivity index (χ1n) is 9.26. The van der Waals surface area contributed by atoms with Crippen LogP contribution in [0.4, 0.5) is 17.1 Å². The molecule has 0 radical (unpaired) electrons. The molecule has 0 aromatic heterocycles. The van der Waals surface area contributed by atoms with Crippen LogP contribution in [0, 0.1) is 0 Å². The van der Waals surface area contributed by atoms with Crippen molar-refractivity contribution in [3.8, 4) is 0 Å². The van der Waals surface area contributed by atoms with Gasteiger partial charge in [0, 0.05) is 16.4 Å². The zero-order valence-corrected chi connectivity index (χ0v) is 19.3. The largest absolute Gasteiger partial charge is 0.325 e. The van der Waals surface area contributed by atoms with E-state index in [1.807, 2.05) is 0 Å². The van der Waals surface area contributed by atoms with Crippen LogP contribution in [0.5, 0.6) is 0 Å². The molecule has 0 fully saturated rings. The zero-order valence-electron chi connectivity index (χ0n) is 16.9. The standard InChI is InChI=1S/C21H20ClN3O5S2/c1-31(27,28)25(19-11-7-16(22)8-12-19)15-21(26)23-17-9-13-20(14-10-17)32(29,30)24-18-5-3-2-4-6-18/h2-14,24H,15H2,1H3,(H,23,26). The van der Waals surface area contributed by atoms with Crippen molar-refractivity contribution in [2.45, 2.75) is 4.90 Å². The van der Waals surface area contributed by atoms with Crippen molar-refractivity contribution in [2.75, 3.05) is 27.1 Å². The van der Waals surface area contributed by atoms with Crippen molar-refractivity contribution >= 4 is 54.6 Å². The molecule has 0 aliphatic carbocycles. The Kier molecular flexibility index (Phi) is 7.07. The average molecular weight is 494 g/mol. The second kappa shape index (κ2) is 9.60. The second-order valence-electron chi connectivity index (χ2n) is 6.79. The average Bonchev–Trinajstić information content (AvgIpc) is 2.73. The summed E-state index contributed by atoms with van der Waals surface area (Å²) in [5.41, 5.74) is 1.03. The normalized spacial score (nSPS) is 11.6. The third-order valence-electron chi connectivity index (χ3n) is 4.28. The minimum atomic E-state index is -3.80. The lowest BCUT2D eigenvalue weighted by atomic mass is 10.3. The zero-order chi connectivity index (χ0) is 23.4. The second-order valence-corrected chi connectivity index (χ2v) is 10.8. The highest BCUT2D eigenvalue weighted by Crippen LogP contribution is 2.21. The van der Waals surface area contributed by atoms with Gasteiger partial charge in [-0.2, -0.15) is 0 Å². The van der Waals surface area contributed by atoms with E-state index in [1.54, 1.807) is 30.3 Å². The van der Waals surface area contributed by atoms with E-state index in [2.05, 4.69) is 10.0 Å². The number of carbonyl (C=O) groups is 1. The maximum absolute atomic E-state index is 12.5. The molecule has 8 nitrogen and oxygen atoms in total. The summed E-state index contributed by atoms with van der Waals surface area (Å²) in [6.07, 6.45) is 0.994. The maximum Gasteiger partial charge on any atom is 0.261 e. The summed E-state index contributed by atoms with van der Waals surface area (Å²) in [6, 6.07) is 20.0. The first-order valence-corrected chi connectivity index (χ1v) is 13.0. The summed E-state index contributed by atoms with van der Waals surface area (Å²) in [6.45, 7) is -0.462. The molecule has 0 unspecified atom stereocenters. The molecule has 1 amide bonds. The number of amides is 1. The molecule has 0 aliphatic rings. The van der Waals surface area contributed by atoms with Crippen LogP contribution in [-0.4, -0.2) is 35.5 Å². The van der Waals surface area contributed by atoms with E-state index in [-0.39, 0.29) is 4.90 Å². The number of hydrogen-bond acceptors (Lipinski definition) is 5. The quantitative estimate of drug-likeness (QED) is 0.498. The summed E-state index contributed by atoms with van der Waals surface area (Å²) in [5, 5.41) is 3.00. The molecule has 3 aromatic rings. The molecule has 0 saturated heterocycles. The Morgan fingerprint density at radius 1 is 0.844 bits per heavy atom. The molecular weight excluding hydrogens is 474 g/mol. The molecule has 168 valence electrons. The summed E-state index contributed by atoms with van der Waals surface area (Å²) in [7, 11) is -7.53. The van der Waals surface area contributed by atoms with E-state index in [0.29, 0.717) is 22.1 Å². The summed E-state index contributed by atoms with van der Waals surface area (Å²) in [4.78, 5) is 12.5. The van der Waals surface area contributed by atoms with Crippen molar-refractivity contribution in [2.24, 2.45) is 0 Å². The van der Waals surface area contributed by atoms with Gasteiger partial charge in [-0.25, -0.2) is 16.8 Å². The van der Waals surface area contributed by atoms with Gasteiger partial charge >= 0.3 is 0 Å². The van der Waals surface area contributed by atoms with Crippen molar-refractivity contribution < 1.29 is 21.6 Å². The fraction of sp³-hybridized carbons (Fsp3) is 0.0952. The molecule has 32 heavy (non-hydrogen) atoms. The lowest BCUT2D eigenvalue weighted by Crippen LogP contribution is -2.37. The number of rotatable bonds is 8. The van der Waals surface area contributed by atoms with Gasteiger partial charge in [-0.15, -0.1) is 0 Å². The lowest BCUT2D eigenvalue weighted by molar-refractivity contribution is -0.114. The Balaban J connectivity index is 1.70. The van der Waals surface area contributed by atoms with Gasteiger partial charge in [-0.1, -0.05) is 29.8 Å². The van der Waals surface area contributed by atoms with Gasteiger partial charge in [0.15, 0.2) is 0 Å². The number of carbonyl (C=O) groups excluding carboxylic acids is 1. The van der Waals surface area contributed by atoms with Crippen LogP contribution in [0.15, 0.2) is 83.8 Å². The molecule has 3 aromatic carbocycles. The minimum absolute atomic E-state index is 0.0123. The Morgan fingerprint density at radius 3 is 2.00 bits per heavy atom. The van der Waals surface area contributed by atoms with Gasteiger partial charge in [0.1, 0.15) is 6.54 Å². The monoisotopic (exact) mass is 493 g/mol. The Bertz CT molecular complexity index is 1300. The SMILES string of the molecule is CS(=O)(=O)N(CC(=O)Nc1ccc(S(=O)(=O)Nc2ccccc2)cc1)c1ccc(Cl)cc1. The summed E-state index contributed by atoms with van der Waals surface area (Å²) in [5.74, 6) is -0.594. The van der Waals surface area contributed by atoms with Crippen molar-refractivity contribution in [3.63, 3.8) is 0 Å². The highest BCUT2D eigenvalue weighted by atomic mass is 35.5. The Hall–Kier alpha value is -3.08. The molecule has 0 saturated carbocycles. The lowest BCUT2D eigenvalue weighted by Gasteiger charge is -2.22. The molecule has 0 bridgehead atoms. The molecule has 2 N–H and O–H groups in total. The third-order valence-corrected chi connectivity index (χ3v) is 7.07. The molecule has 0 spiro atoms. The fourth-order valence-electron chi connectivity index (χ4n) is 2.78. The van der Waals surface area contributed by atoms with Crippen LogP contribution in [0.3, 0.4) is 0 Å². The van der Waals surface area contributed by atoms with Crippen molar-refractivity contribution in [3.05, 3.63) is 83.9 Å². The fourth-order valence-corrected chi connectivity index (χ4v) is 4.82. The Labute approximate surface area is 191 Å². The number of halogens is 1. The molecule has 0 heterocycles. The maximum atomic E-state index is 12.5. The van der Waals surface area contributed by atoms with E-state index in [1.165, 1.54) is 48.5 Å². The highest BCUT2D eigenvalue weighted by molar-refractivity contribution is 7.92. The van der Waals surface area contributed by atoms with Gasteiger partial charge in [0.05, 0.1) is 16.8 Å². The summed E-state index contributed by atoms with van der Waals surface area (Å²) >= 11 is 5.84. The molecule has 3 rings (SSSR count). The number of anilines is 3. The number of hydrogen-bond donors (Lipinski definition) is 2. The molecule has 0 aliphatic heterocycles. The first kappa shape index (κ1) is 23.6. The van der Waals surface area contributed by atoms with Gasteiger partial charge in [-0.3, -0.25) is 13.8 Å². The van der Waals surface area contributed by atoms with Crippen molar-refractivity contribution in [1.82, 2.24) is 0 Å². The van der Waals surface area contributed by atoms with E-state index in [0.717, 1.165) is 10.6 Å². The van der Waals surface area contributed by atoms with Gasteiger partial charge in [0.2, 0.25) is 15.9 Å². The Morgan fingerprint density at radius 2 is 1.44 bits per heavy atom.